The second-order valence-corrected chi connectivity index (χ2v) is 5.52. The highest BCUT2D eigenvalue weighted by Gasteiger charge is 2.20. The third kappa shape index (κ3) is 2.98. The minimum atomic E-state index is -3.95. The van der Waals surface area contributed by atoms with Crippen LogP contribution in [0.25, 0.3) is 0 Å². The predicted octanol–water partition coefficient (Wildman–Crippen LogP) is 0.267. The molecule has 0 aliphatic carbocycles. The Morgan fingerprint density at radius 2 is 2.25 bits per heavy atom. The first-order valence-electron chi connectivity index (χ1n) is 5.57. The SMILES string of the molecule is N#Cc1c(F)cccc1S(=O)(=O)NCCn1ccnn1. The van der Waals surface area contributed by atoms with Crippen molar-refractivity contribution in [1.29, 1.82) is 5.26 Å². The Balaban J connectivity index is 2.15. The topological polar surface area (TPSA) is 101 Å². The third-order valence-corrected chi connectivity index (χ3v) is 3.99. The number of halogens is 1. The molecule has 20 heavy (non-hydrogen) atoms. The Kier molecular flexibility index (Phi) is 4.07. The Morgan fingerprint density at radius 3 is 2.90 bits per heavy atom. The highest BCUT2D eigenvalue weighted by atomic mass is 32.2. The maximum absolute atomic E-state index is 13.4. The molecule has 1 N–H and O–H groups in total. The average molecular weight is 295 g/mol. The molecule has 0 fully saturated rings. The van der Waals surface area contributed by atoms with E-state index in [0.29, 0.717) is 0 Å². The van der Waals surface area contributed by atoms with Crippen LogP contribution in [0.4, 0.5) is 4.39 Å². The monoisotopic (exact) mass is 295 g/mol. The molecule has 1 aromatic heterocycles. The van der Waals surface area contributed by atoms with Crippen LogP contribution in [0.2, 0.25) is 0 Å². The first-order valence-corrected chi connectivity index (χ1v) is 7.05. The standard InChI is InChI=1S/C11H10FN5O2S/c12-10-2-1-3-11(9(10)8-13)20(18,19)15-5-7-17-6-4-14-16-17/h1-4,6,15H,5,7H2. The molecule has 1 heterocycles. The van der Waals surface area contributed by atoms with Gasteiger partial charge >= 0.3 is 0 Å². The van der Waals surface area contributed by atoms with Gasteiger partial charge in [-0.2, -0.15) is 5.26 Å². The molecule has 1 aromatic carbocycles. The van der Waals surface area contributed by atoms with E-state index in [4.69, 9.17) is 5.26 Å². The van der Waals surface area contributed by atoms with Gasteiger partial charge < -0.3 is 0 Å². The Labute approximate surface area is 114 Å². The van der Waals surface area contributed by atoms with Crippen molar-refractivity contribution in [3.8, 4) is 6.07 Å². The number of rotatable bonds is 5. The molecule has 0 unspecified atom stereocenters. The summed E-state index contributed by atoms with van der Waals surface area (Å²) in [5.41, 5.74) is -0.499. The van der Waals surface area contributed by atoms with Crippen molar-refractivity contribution in [3.63, 3.8) is 0 Å². The van der Waals surface area contributed by atoms with Crippen LogP contribution in [0.1, 0.15) is 5.56 Å². The Hall–Kier alpha value is -2.31. The molecule has 2 rings (SSSR count). The molecule has 7 nitrogen and oxygen atoms in total. The fraction of sp³-hybridized carbons (Fsp3) is 0.182. The lowest BCUT2D eigenvalue weighted by atomic mass is 10.2. The van der Waals surface area contributed by atoms with Crippen LogP contribution in [-0.2, 0) is 16.6 Å². The van der Waals surface area contributed by atoms with Crippen LogP contribution in [0.5, 0.6) is 0 Å². The van der Waals surface area contributed by atoms with Gasteiger partial charge in [0.25, 0.3) is 0 Å². The number of hydrogen-bond acceptors (Lipinski definition) is 5. The zero-order valence-electron chi connectivity index (χ0n) is 10.2. The predicted molar refractivity (Wildman–Crippen MR) is 66.3 cm³/mol. The van der Waals surface area contributed by atoms with E-state index in [1.807, 2.05) is 0 Å². The summed E-state index contributed by atoms with van der Waals surface area (Å²) in [7, 11) is -3.95. The lowest BCUT2D eigenvalue weighted by molar-refractivity contribution is 0.551. The van der Waals surface area contributed by atoms with Gasteiger partial charge in [0.2, 0.25) is 10.0 Å². The van der Waals surface area contributed by atoms with E-state index in [1.165, 1.54) is 23.0 Å². The third-order valence-electron chi connectivity index (χ3n) is 2.48. The molecule has 2 aromatic rings. The van der Waals surface area contributed by atoms with Gasteiger partial charge in [-0.05, 0) is 12.1 Å². The van der Waals surface area contributed by atoms with Crippen molar-refractivity contribution in [1.82, 2.24) is 19.7 Å². The number of nitrogens with zero attached hydrogens (tertiary/aromatic N) is 4. The van der Waals surface area contributed by atoms with Crippen LogP contribution < -0.4 is 4.72 Å². The Morgan fingerprint density at radius 1 is 1.45 bits per heavy atom. The summed E-state index contributed by atoms with van der Waals surface area (Å²) in [6.07, 6.45) is 3.05. The number of hydrogen-bond donors (Lipinski definition) is 1. The molecule has 0 saturated carbocycles. The quantitative estimate of drug-likeness (QED) is 0.853. The van der Waals surface area contributed by atoms with Gasteiger partial charge in [0, 0.05) is 12.7 Å². The first-order chi connectivity index (χ1) is 9.54. The van der Waals surface area contributed by atoms with Crippen LogP contribution >= 0.6 is 0 Å². The summed E-state index contributed by atoms with van der Waals surface area (Å²) in [4.78, 5) is -0.376. The summed E-state index contributed by atoms with van der Waals surface area (Å²) in [6, 6.07) is 5.01. The zero-order chi connectivity index (χ0) is 14.6. The fourth-order valence-electron chi connectivity index (χ4n) is 1.56. The van der Waals surface area contributed by atoms with Crippen LogP contribution in [0.15, 0.2) is 35.5 Å². The molecule has 0 radical (unpaired) electrons. The molecule has 0 aliphatic rings. The van der Waals surface area contributed by atoms with Crippen LogP contribution in [0.3, 0.4) is 0 Å². The summed E-state index contributed by atoms with van der Waals surface area (Å²) in [5, 5.41) is 16.1. The lowest BCUT2D eigenvalue weighted by Gasteiger charge is -2.08. The number of benzene rings is 1. The Bertz CT molecular complexity index is 737. The van der Waals surface area contributed by atoms with Crippen molar-refractivity contribution in [2.45, 2.75) is 11.4 Å². The van der Waals surface area contributed by atoms with E-state index in [0.717, 1.165) is 6.07 Å². The average Bonchev–Trinajstić information content (AvgIpc) is 2.91. The van der Waals surface area contributed by atoms with Gasteiger partial charge in [-0.25, -0.2) is 17.5 Å². The number of nitrogens with one attached hydrogen (secondary N) is 1. The van der Waals surface area contributed by atoms with Crippen LogP contribution in [-0.4, -0.2) is 30.0 Å². The fourth-order valence-corrected chi connectivity index (χ4v) is 2.75. The summed E-state index contributed by atoms with van der Waals surface area (Å²) in [5.74, 6) is -0.869. The van der Waals surface area contributed by atoms with Crippen molar-refractivity contribution in [2.24, 2.45) is 0 Å². The van der Waals surface area contributed by atoms with E-state index in [-0.39, 0.29) is 18.0 Å². The molecule has 0 amide bonds. The van der Waals surface area contributed by atoms with Gasteiger partial charge in [-0.1, -0.05) is 11.3 Å². The molecular formula is C11H10FN5O2S. The lowest BCUT2D eigenvalue weighted by Crippen LogP contribution is -2.28. The first kappa shape index (κ1) is 14.1. The maximum atomic E-state index is 13.4. The van der Waals surface area contributed by atoms with Gasteiger partial charge in [-0.15, -0.1) is 5.10 Å². The zero-order valence-corrected chi connectivity index (χ0v) is 11.0. The maximum Gasteiger partial charge on any atom is 0.242 e. The van der Waals surface area contributed by atoms with E-state index >= 15 is 0 Å². The largest absolute Gasteiger partial charge is 0.251 e. The molecule has 104 valence electrons. The summed E-state index contributed by atoms with van der Waals surface area (Å²) in [6.45, 7) is 0.323. The van der Waals surface area contributed by atoms with Crippen LogP contribution in [0, 0.1) is 17.1 Å². The summed E-state index contributed by atoms with van der Waals surface area (Å²) >= 11 is 0. The van der Waals surface area contributed by atoms with E-state index in [9.17, 15) is 12.8 Å². The summed E-state index contributed by atoms with van der Waals surface area (Å²) < 4.78 is 41.2. The number of aromatic nitrogens is 3. The molecule has 0 atom stereocenters. The smallest absolute Gasteiger partial charge is 0.242 e. The van der Waals surface area contributed by atoms with Gasteiger partial charge in [0.15, 0.2) is 0 Å². The molecule has 0 bridgehead atoms. The highest BCUT2D eigenvalue weighted by molar-refractivity contribution is 7.89. The van der Waals surface area contributed by atoms with E-state index < -0.39 is 21.4 Å². The van der Waals surface area contributed by atoms with E-state index in [2.05, 4.69) is 15.0 Å². The molecule has 9 heteroatoms. The number of nitriles is 1. The normalized spacial score (nSPS) is 11.2. The molecular weight excluding hydrogens is 285 g/mol. The van der Waals surface area contributed by atoms with Gasteiger partial charge in [-0.3, -0.25) is 4.68 Å². The second kappa shape index (κ2) is 5.77. The number of sulfonamides is 1. The second-order valence-electron chi connectivity index (χ2n) is 3.79. The minimum absolute atomic E-state index is 0.0487. The van der Waals surface area contributed by atoms with Crippen molar-refractivity contribution in [3.05, 3.63) is 42.0 Å². The van der Waals surface area contributed by atoms with Crippen molar-refractivity contribution in [2.75, 3.05) is 6.54 Å². The van der Waals surface area contributed by atoms with E-state index in [1.54, 1.807) is 12.3 Å². The molecule has 0 aliphatic heterocycles. The molecule has 0 spiro atoms. The van der Waals surface area contributed by atoms with Crippen molar-refractivity contribution >= 4 is 10.0 Å². The van der Waals surface area contributed by atoms with Gasteiger partial charge in [0.05, 0.1) is 12.7 Å². The van der Waals surface area contributed by atoms with Gasteiger partial charge in [0.1, 0.15) is 22.3 Å². The minimum Gasteiger partial charge on any atom is -0.251 e. The highest BCUT2D eigenvalue weighted by Crippen LogP contribution is 2.17. The van der Waals surface area contributed by atoms with Crippen molar-refractivity contribution < 1.29 is 12.8 Å². The molecule has 0 saturated heterocycles.